The summed E-state index contributed by atoms with van der Waals surface area (Å²) in [6, 6.07) is 14.0. The van der Waals surface area contributed by atoms with Crippen molar-refractivity contribution in [3.63, 3.8) is 0 Å². The molecule has 6 heteroatoms. The van der Waals surface area contributed by atoms with E-state index in [4.69, 9.17) is 4.74 Å². The summed E-state index contributed by atoms with van der Waals surface area (Å²) in [5.41, 5.74) is 4.88. The second-order valence-corrected chi connectivity index (χ2v) is 8.20. The van der Waals surface area contributed by atoms with Crippen molar-refractivity contribution in [3.05, 3.63) is 66.0 Å². The molecule has 38 heavy (non-hydrogen) atoms. The van der Waals surface area contributed by atoms with Gasteiger partial charge in [-0.1, -0.05) is 104 Å². The molecule has 0 fully saturated rings. The van der Waals surface area contributed by atoms with Gasteiger partial charge in [-0.05, 0) is 35.6 Å². The highest BCUT2D eigenvalue weighted by atomic mass is 16.5. The number of aromatic nitrogens is 3. The van der Waals surface area contributed by atoms with E-state index in [1.807, 2.05) is 65.1 Å². The van der Waals surface area contributed by atoms with E-state index in [9.17, 15) is 4.79 Å². The lowest BCUT2D eigenvalue weighted by molar-refractivity contribution is -0.108. The Bertz CT molecular complexity index is 1070. The quantitative estimate of drug-likeness (QED) is 0.195. The van der Waals surface area contributed by atoms with E-state index in [1.165, 1.54) is 19.3 Å². The molecule has 3 rings (SSSR count). The molecule has 0 spiro atoms. The fraction of sp³-hybridized carbons (Fsp3) is 0.469. The highest BCUT2D eigenvalue weighted by Gasteiger charge is 2.08. The van der Waals surface area contributed by atoms with Crippen LogP contribution in [0.25, 0.3) is 22.4 Å². The van der Waals surface area contributed by atoms with Crippen LogP contribution in [0.5, 0.6) is 5.88 Å². The molecule has 6 nitrogen and oxygen atoms in total. The first kappa shape index (κ1) is 34.6. The lowest BCUT2D eigenvalue weighted by atomic mass is 10.0. The summed E-state index contributed by atoms with van der Waals surface area (Å²) in [5.74, 6) is 1.99. The largest absolute Gasteiger partial charge is 0.481 e. The van der Waals surface area contributed by atoms with Gasteiger partial charge in [0.25, 0.3) is 0 Å². The topological polar surface area (TPSA) is 79.9 Å². The van der Waals surface area contributed by atoms with Gasteiger partial charge in [-0.3, -0.25) is 0 Å². The van der Waals surface area contributed by atoms with E-state index in [0.717, 1.165) is 47.3 Å². The smallest absolute Gasteiger partial charge is 0.215 e. The fourth-order valence-corrected chi connectivity index (χ4v) is 3.47. The van der Waals surface area contributed by atoms with Gasteiger partial charge in [-0.15, -0.1) is 0 Å². The Morgan fingerprint density at radius 2 is 1.71 bits per heavy atom. The van der Waals surface area contributed by atoms with Crippen molar-refractivity contribution in [1.82, 2.24) is 20.3 Å². The molecule has 1 aromatic carbocycles. The zero-order valence-electron chi connectivity index (χ0n) is 25.1. The molecule has 0 saturated heterocycles. The van der Waals surface area contributed by atoms with Crippen LogP contribution in [0.15, 0.2) is 54.6 Å². The molecule has 2 aromatic heterocycles. The fourth-order valence-electron chi connectivity index (χ4n) is 3.47. The van der Waals surface area contributed by atoms with Crippen molar-refractivity contribution in [2.45, 2.75) is 80.6 Å². The molecule has 0 aliphatic rings. The Balaban J connectivity index is 0.000000891. The molecule has 210 valence electrons. The van der Waals surface area contributed by atoms with E-state index < -0.39 is 0 Å². The number of nitrogens with zero attached hydrogens (tertiary/aromatic N) is 2. The van der Waals surface area contributed by atoms with Crippen LogP contribution in [0.3, 0.4) is 0 Å². The molecule has 0 radical (unpaired) electrons. The molecule has 2 heterocycles. The molecule has 0 unspecified atom stereocenters. The van der Waals surface area contributed by atoms with Crippen LogP contribution in [0.2, 0.25) is 0 Å². The number of hydrogen-bond donors (Lipinski definition) is 2. The monoisotopic (exact) mass is 522 g/mol. The lowest BCUT2D eigenvalue weighted by Crippen LogP contribution is -2.04. The molecular weight excluding hydrogens is 472 g/mol. The van der Waals surface area contributed by atoms with Crippen LogP contribution >= 0.6 is 0 Å². The summed E-state index contributed by atoms with van der Waals surface area (Å²) in [6.07, 6.45) is 10.5. The molecule has 1 atom stereocenters. The Kier molecular flexibility index (Phi) is 19.7. The van der Waals surface area contributed by atoms with Crippen molar-refractivity contribution in [2.24, 2.45) is 5.92 Å². The van der Waals surface area contributed by atoms with Crippen LogP contribution in [-0.2, 0) is 4.79 Å². The first-order chi connectivity index (χ1) is 18.6. The number of hydrogen-bond acceptors (Lipinski definition) is 5. The van der Waals surface area contributed by atoms with Gasteiger partial charge >= 0.3 is 0 Å². The highest BCUT2D eigenvalue weighted by molar-refractivity contribution is 5.77. The number of pyridine rings is 1. The lowest BCUT2D eigenvalue weighted by Gasteiger charge is -2.06. The van der Waals surface area contributed by atoms with Crippen LogP contribution in [0.4, 0.5) is 0 Å². The molecule has 0 aliphatic carbocycles. The molecular formula is C32H50N4O2. The van der Waals surface area contributed by atoms with E-state index in [0.29, 0.717) is 17.4 Å². The number of H-pyrrole nitrogens is 1. The van der Waals surface area contributed by atoms with Gasteiger partial charge in [0.15, 0.2) is 5.65 Å². The van der Waals surface area contributed by atoms with Gasteiger partial charge in [0.1, 0.15) is 12.1 Å². The van der Waals surface area contributed by atoms with Crippen LogP contribution in [0, 0.1) is 5.92 Å². The Morgan fingerprint density at radius 3 is 2.26 bits per heavy atom. The molecule has 0 bridgehead atoms. The Hall–Kier alpha value is -3.41. The maximum Gasteiger partial charge on any atom is 0.215 e. The third-order valence-corrected chi connectivity index (χ3v) is 5.57. The number of carbonyl (C=O) groups is 1. The first-order valence-corrected chi connectivity index (χ1v) is 14.0. The highest BCUT2D eigenvalue weighted by Crippen LogP contribution is 2.21. The predicted octanol–water partition coefficient (Wildman–Crippen LogP) is 8.47. The number of ether oxygens (including phenoxy) is 1. The van der Waals surface area contributed by atoms with E-state index in [1.54, 1.807) is 7.11 Å². The van der Waals surface area contributed by atoms with E-state index in [2.05, 4.69) is 65.3 Å². The standard InChI is InChI=1S/C20H22N4O.C8H16O.2C2H6/c1-4-14(10-11-16(21-2)15-8-6-5-7-9-15)19-22-17-12-13-18(25-3)23-20(17)24-19;1-3-4-5-8(2)6-7-9;2*1-2/h5-13,21H,4H2,1-3H3,(H,22,23,24);7-8H,3-6H2,1-2H3;2*1-2H3/b14-10+,16-11-;;;/t;8-;;/m.0../s1. The summed E-state index contributed by atoms with van der Waals surface area (Å²) in [4.78, 5) is 22.3. The number of aldehydes is 1. The van der Waals surface area contributed by atoms with Crippen molar-refractivity contribution < 1.29 is 9.53 Å². The van der Waals surface area contributed by atoms with Gasteiger partial charge in [0, 0.05) is 25.2 Å². The molecule has 3 aromatic rings. The minimum absolute atomic E-state index is 0.564. The second kappa shape index (κ2) is 21.7. The summed E-state index contributed by atoms with van der Waals surface area (Å²) in [5, 5.41) is 3.25. The van der Waals surface area contributed by atoms with Gasteiger partial charge in [0.05, 0.1) is 12.6 Å². The van der Waals surface area contributed by atoms with Gasteiger partial charge < -0.3 is 19.8 Å². The van der Waals surface area contributed by atoms with Crippen LogP contribution in [0.1, 0.15) is 92.0 Å². The van der Waals surface area contributed by atoms with Crippen molar-refractivity contribution in [2.75, 3.05) is 14.2 Å². The number of fused-ring (bicyclic) bond motifs is 1. The number of unbranched alkanes of at least 4 members (excludes halogenated alkanes) is 1. The maximum atomic E-state index is 9.98. The van der Waals surface area contributed by atoms with Crippen molar-refractivity contribution in [3.8, 4) is 5.88 Å². The number of rotatable bonds is 11. The Labute approximate surface area is 231 Å². The second-order valence-electron chi connectivity index (χ2n) is 8.20. The van der Waals surface area contributed by atoms with Crippen molar-refractivity contribution in [1.29, 1.82) is 0 Å². The molecule has 2 N–H and O–H groups in total. The third kappa shape index (κ3) is 12.2. The number of aromatic amines is 1. The zero-order chi connectivity index (χ0) is 28.8. The van der Waals surface area contributed by atoms with Crippen molar-refractivity contribution >= 4 is 28.7 Å². The van der Waals surface area contributed by atoms with Crippen LogP contribution in [-0.4, -0.2) is 35.4 Å². The number of methoxy groups -OCH3 is 1. The minimum atomic E-state index is 0.564. The number of nitrogens with one attached hydrogen (secondary N) is 2. The van der Waals surface area contributed by atoms with Gasteiger partial charge in [-0.2, -0.15) is 4.98 Å². The Morgan fingerprint density at radius 1 is 1.03 bits per heavy atom. The molecule has 0 amide bonds. The van der Waals surface area contributed by atoms with Gasteiger partial charge in [0.2, 0.25) is 5.88 Å². The third-order valence-electron chi connectivity index (χ3n) is 5.57. The summed E-state index contributed by atoms with van der Waals surface area (Å²) < 4.78 is 5.16. The number of benzene rings is 1. The first-order valence-electron chi connectivity index (χ1n) is 14.0. The van der Waals surface area contributed by atoms with Gasteiger partial charge in [-0.25, -0.2) is 4.98 Å². The minimum Gasteiger partial charge on any atom is -0.481 e. The number of allylic oxidation sites excluding steroid dienone is 3. The number of carbonyl (C=O) groups excluding carboxylic acids is 1. The molecule has 0 saturated carbocycles. The molecule has 0 aliphatic heterocycles. The van der Waals surface area contributed by atoms with E-state index >= 15 is 0 Å². The predicted molar refractivity (Wildman–Crippen MR) is 164 cm³/mol. The number of imidazole rings is 1. The zero-order valence-corrected chi connectivity index (χ0v) is 25.1. The SMILES string of the molecule is CC.CC.CC/C(=C\C=C(/NC)c1ccccc1)c1nc2nc(OC)ccc2[nH]1.CCCC[C@H](C)CC=O. The average Bonchev–Trinajstić information content (AvgIpc) is 3.40. The maximum absolute atomic E-state index is 9.98. The summed E-state index contributed by atoms with van der Waals surface area (Å²) in [7, 11) is 3.53. The normalized spacial score (nSPS) is 11.6. The van der Waals surface area contributed by atoms with E-state index in [-0.39, 0.29) is 0 Å². The summed E-state index contributed by atoms with van der Waals surface area (Å²) in [6.45, 7) is 14.4. The average molecular weight is 523 g/mol. The summed E-state index contributed by atoms with van der Waals surface area (Å²) >= 11 is 0. The van der Waals surface area contributed by atoms with Crippen LogP contribution < -0.4 is 10.1 Å².